The number of methoxy groups -OCH3 is 1. The highest BCUT2D eigenvalue weighted by molar-refractivity contribution is 5.89. The van der Waals surface area contributed by atoms with Gasteiger partial charge in [0.25, 0.3) is 0 Å². The van der Waals surface area contributed by atoms with E-state index in [1.54, 1.807) is 36.4 Å². The second-order valence-corrected chi connectivity index (χ2v) is 4.41. The number of hydrogen-bond acceptors (Lipinski definition) is 4. The van der Waals surface area contributed by atoms with Gasteiger partial charge in [0.1, 0.15) is 6.61 Å². The lowest BCUT2D eigenvalue weighted by Crippen LogP contribution is -2.05. The monoisotopic (exact) mass is 289 g/mol. The number of benzene rings is 2. The molecule has 4 nitrogen and oxygen atoms in total. The quantitative estimate of drug-likeness (QED) is 0.860. The van der Waals surface area contributed by atoms with Crippen molar-refractivity contribution in [1.82, 2.24) is 0 Å². The second kappa shape index (κ2) is 6.85. The number of esters is 1. The summed E-state index contributed by atoms with van der Waals surface area (Å²) in [6.45, 7) is 0.393. The van der Waals surface area contributed by atoms with Gasteiger partial charge >= 0.3 is 5.97 Å². The van der Waals surface area contributed by atoms with Crippen LogP contribution in [-0.4, -0.2) is 13.1 Å². The van der Waals surface area contributed by atoms with Crippen molar-refractivity contribution in [3.05, 3.63) is 65.0 Å². The Labute approximate surface area is 122 Å². The summed E-state index contributed by atoms with van der Waals surface area (Å²) in [6, 6.07) is 11.4. The molecule has 110 valence electrons. The van der Waals surface area contributed by atoms with Crippen LogP contribution in [0.1, 0.15) is 21.5 Å². The van der Waals surface area contributed by atoms with Crippen LogP contribution in [0.5, 0.6) is 5.75 Å². The number of halogens is 1. The Kier molecular flexibility index (Phi) is 4.90. The van der Waals surface area contributed by atoms with Gasteiger partial charge in [-0.1, -0.05) is 24.3 Å². The molecule has 21 heavy (non-hydrogen) atoms. The standard InChI is InChI=1S/C16H16FNO3/c1-20-16(19)12-7-5-11(6-8-12)10-21-15-13(9-18)3-2-4-14(15)17/h2-8H,9-10,18H2,1H3. The number of carbonyl (C=O) groups is 1. The molecule has 0 unspecified atom stereocenters. The van der Waals surface area contributed by atoms with Gasteiger partial charge in [-0.15, -0.1) is 0 Å². The van der Waals surface area contributed by atoms with Crippen molar-refractivity contribution in [1.29, 1.82) is 0 Å². The lowest BCUT2D eigenvalue weighted by atomic mass is 10.1. The molecule has 2 rings (SSSR count). The molecular weight excluding hydrogens is 273 g/mol. The van der Waals surface area contributed by atoms with Crippen LogP contribution >= 0.6 is 0 Å². The van der Waals surface area contributed by atoms with E-state index in [-0.39, 0.29) is 18.9 Å². The molecule has 0 radical (unpaired) electrons. The first-order chi connectivity index (χ1) is 10.2. The van der Waals surface area contributed by atoms with E-state index in [9.17, 15) is 9.18 Å². The molecular formula is C16H16FNO3. The van der Waals surface area contributed by atoms with Crippen LogP contribution < -0.4 is 10.5 Å². The number of para-hydroxylation sites is 1. The fraction of sp³-hybridized carbons (Fsp3) is 0.188. The number of rotatable bonds is 5. The number of carbonyl (C=O) groups excluding carboxylic acids is 1. The molecule has 0 saturated carbocycles. The lowest BCUT2D eigenvalue weighted by molar-refractivity contribution is 0.0600. The molecule has 2 aromatic rings. The summed E-state index contributed by atoms with van der Waals surface area (Å²) in [5, 5.41) is 0. The van der Waals surface area contributed by atoms with E-state index in [0.29, 0.717) is 11.1 Å². The average molecular weight is 289 g/mol. The molecule has 0 atom stereocenters. The van der Waals surface area contributed by atoms with Crippen LogP contribution in [0.25, 0.3) is 0 Å². The molecule has 0 fully saturated rings. The van der Waals surface area contributed by atoms with E-state index in [0.717, 1.165) is 5.56 Å². The molecule has 0 spiro atoms. The summed E-state index contributed by atoms with van der Waals surface area (Å²) in [4.78, 5) is 11.3. The van der Waals surface area contributed by atoms with Crippen LogP contribution in [0.4, 0.5) is 4.39 Å². The van der Waals surface area contributed by atoms with Crippen molar-refractivity contribution in [3.8, 4) is 5.75 Å². The SMILES string of the molecule is COC(=O)c1ccc(COc2c(F)cccc2CN)cc1. The van der Waals surface area contributed by atoms with Gasteiger partial charge in [-0.3, -0.25) is 0 Å². The first kappa shape index (κ1) is 15.0. The Bertz CT molecular complexity index is 626. The summed E-state index contributed by atoms with van der Waals surface area (Å²) < 4.78 is 23.8. The van der Waals surface area contributed by atoms with Gasteiger partial charge in [-0.05, 0) is 23.8 Å². The van der Waals surface area contributed by atoms with Crippen molar-refractivity contribution in [3.63, 3.8) is 0 Å². The molecule has 5 heteroatoms. The zero-order chi connectivity index (χ0) is 15.2. The molecule has 0 aromatic heterocycles. The highest BCUT2D eigenvalue weighted by Crippen LogP contribution is 2.23. The predicted molar refractivity (Wildman–Crippen MR) is 76.4 cm³/mol. The van der Waals surface area contributed by atoms with Crippen molar-refractivity contribution < 1.29 is 18.7 Å². The van der Waals surface area contributed by atoms with E-state index in [4.69, 9.17) is 10.5 Å². The van der Waals surface area contributed by atoms with Crippen LogP contribution in [0.15, 0.2) is 42.5 Å². The van der Waals surface area contributed by atoms with Crippen LogP contribution in [0, 0.1) is 5.82 Å². The van der Waals surface area contributed by atoms with E-state index in [2.05, 4.69) is 4.74 Å². The Morgan fingerprint density at radius 3 is 2.52 bits per heavy atom. The fourth-order valence-corrected chi connectivity index (χ4v) is 1.89. The molecule has 0 aliphatic carbocycles. The minimum atomic E-state index is -0.441. The van der Waals surface area contributed by atoms with Gasteiger partial charge in [0, 0.05) is 12.1 Å². The maximum absolute atomic E-state index is 13.7. The van der Waals surface area contributed by atoms with E-state index in [1.807, 2.05) is 0 Å². The molecule has 0 heterocycles. The van der Waals surface area contributed by atoms with Gasteiger partial charge in [-0.25, -0.2) is 9.18 Å². The van der Waals surface area contributed by atoms with E-state index < -0.39 is 11.8 Å². The van der Waals surface area contributed by atoms with E-state index in [1.165, 1.54) is 13.2 Å². The first-order valence-electron chi connectivity index (χ1n) is 6.43. The second-order valence-electron chi connectivity index (χ2n) is 4.41. The molecule has 0 aliphatic rings. The van der Waals surface area contributed by atoms with Gasteiger partial charge in [-0.2, -0.15) is 0 Å². The fourth-order valence-electron chi connectivity index (χ4n) is 1.89. The van der Waals surface area contributed by atoms with E-state index >= 15 is 0 Å². The van der Waals surface area contributed by atoms with Crippen LogP contribution in [0.3, 0.4) is 0 Å². The van der Waals surface area contributed by atoms with Crippen molar-refractivity contribution in [2.24, 2.45) is 5.73 Å². The van der Waals surface area contributed by atoms with Crippen LogP contribution in [-0.2, 0) is 17.9 Å². The zero-order valence-electron chi connectivity index (χ0n) is 11.6. The number of ether oxygens (including phenoxy) is 2. The Hall–Kier alpha value is -2.40. The summed E-state index contributed by atoms with van der Waals surface area (Å²) in [6.07, 6.45) is 0. The molecule has 2 N–H and O–H groups in total. The molecule has 0 aliphatic heterocycles. The highest BCUT2D eigenvalue weighted by atomic mass is 19.1. The van der Waals surface area contributed by atoms with Crippen LogP contribution in [0.2, 0.25) is 0 Å². The maximum atomic E-state index is 13.7. The smallest absolute Gasteiger partial charge is 0.337 e. The summed E-state index contributed by atoms with van der Waals surface area (Å²) in [5.41, 5.74) is 7.44. The largest absolute Gasteiger partial charge is 0.485 e. The highest BCUT2D eigenvalue weighted by Gasteiger charge is 2.09. The van der Waals surface area contributed by atoms with Gasteiger partial charge in [0.05, 0.1) is 12.7 Å². The number of hydrogen-bond donors (Lipinski definition) is 1. The number of nitrogens with two attached hydrogens (primary N) is 1. The minimum absolute atomic E-state index is 0.164. The van der Waals surface area contributed by atoms with Gasteiger partial charge < -0.3 is 15.2 Å². The third-order valence-corrected chi connectivity index (χ3v) is 3.03. The molecule has 0 bridgehead atoms. The van der Waals surface area contributed by atoms with Gasteiger partial charge in [0.2, 0.25) is 0 Å². The van der Waals surface area contributed by atoms with Gasteiger partial charge in [0.15, 0.2) is 11.6 Å². The first-order valence-corrected chi connectivity index (χ1v) is 6.43. The third-order valence-electron chi connectivity index (χ3n) is 3.03. The molecule has 0 saturated heterocycles. The molecule has 0 amide bonds. The Morgan fingerprint density at radius 1 is 1.19 bits per heavy atom. The lowest BCUT2D eigenvalue weighted by Gasteiger charge is -2.11. The normalized spacial score (nSPS) is 10.2. The zero-order valence-corrected chi connectivity index (χ0v) is 11.6. The summed E-state index contributed by atoms with van der Waals surface area (Å²) >= 11 is 0. The summed E-state index contributed by atoms with van der Waals surface area (Å²) in [5.74, 6) is -0.678. The van der Waals surface area contributed by atoms with Crippen molar-refractivity contribution in [2.45, 2.75) is 13.2 Å². The molecule has 2 aromatic carbocycles. The Balaban J connectivity index is 2.08. The summed E-state index contributed by atoms with van der Waals surface area (Å²) in [7, 11) is 1.33. The maximum Gasteiger partial charge on any atom is 0.337 e. The third kappa shape index (κ3) is 3.58. The van der Waals surface area contributed by atoms with Crippen molar-refractivity contribution >= 4 is 5.97 Å². The minimum Gasteiger partial charge on any atom is -0.485 e. The average Bonchev–Trinajstić information content (AvgIpc) is 2.53. The predicted octanol–water partition coefficient (Wildman–Crippen LogP) is 2.65. The topological polar surface area (TPSA) is 61.5 Å². The van der Waals surface area contributed by atoms with Crippen molar-refractivity contribution in [2.75, 3.05) is 7.11 Å². The Morgan fingerprint density at radius 2 is 1.90 bits per heavy atom.